The van der Waals surface area contributed by atoms with Crippen LogP contribution in [0.2, 0.25) is 0 Å². The van der Waals surface area contributed by atoms with Gasteiger partial charge in [-0.3, -0.25) is 5.32 Å². The van der Waals surface area contributed by atoms with Crippen LogP contribution in [0.5, 0.6) is 0 Å². The fraction of sp³-hybridized carbons (Fsp3) is 0.917. The standard InChI is InChI=1S/C12H20F3NO2/c1-7-4-8(2)6-9(5-7)16-11(3,10(17)18)12(13,14)15/h7-9,16H,4-6H2,1-3H3,(H,17,18). The third-order valence-corrected chi connectivity index (χ3v) is 3.67. The number of rotatable bonds is 3. The molecule has 1 saturated carbocycles. The van der Waals surface area contributed by atoms with Gasteiger partial charge in [0.2, 0.25) is 5.54 Å². The zero-order valence-electron chi connectivity index (χ0n) is 10.8. The van der Waals surface area contributed by atoms with Crippen LogP contribution in [-0.4, -0.2) is 28.8 Å². The summed E-state index contributed by atoms with van der Waals surface area (Å²) in [5, 5.41) is 11.2. The Hall–Kier alpha value is -0.780. The number of hydrogen-bond acceptors (Lipinski definition) is 2. The number of carbonyl (C=O) groups is 1. The molecule has 6 heteroatoms. The van der Waals surface area contributed by atoms with E-state index in [0.717, 1.165) is 6.42 Å². The summed E-state index contributed by atoms with van der Waals surface area (Å²) in [6, 6.07) is -0.397. The first kappa shape index (κ1) is 15.3. The van der Waals surface area contributed by atoms with Gasteiger partial charge in [0.1, 0.15) is 0 Å². The molecule has 18 heavy (non-hydrogen) atoms. The number of carboxylic acid groups (broad SMARTS) is 1. The molecule has 0 saturated heterocycles. The van der Waals surface area contributed by atoms with E-state index in [0.29, 0.717) is 31.6 Å². The predicted molar refractivity (Wildman–Crippen MR) is 61.2 cm³/mol. The number of aliphatic carboxylic acids is 1. The fourth-order valence-corrected chi connectivity index (χ4v) is 2.74. The van der Waals surface area contributed by atoms with Crippen LogP contribution in [0.15, 0.2) is 0 Å². The van der Waals surface area contributed by atoms with Gasteiger partial charge >= 0.3 is 12.1 Å². The summed E-state index contributed by atoms with van der Waals surface area (Å²) in [6.07, 6.45) is -2.65. The minimum absolute atomic E-state index is 0.317. The summed E-state index contributed by atoms with van der Waals surface area (Å²) >= 11 is 0. The molecule has 0 radical (unpaired) electrons. The number of hydrogen-bond donors (Lipinski definition) is 2. The largest absolute Gasteiger partial charge is 0.480 e. The van der Waals surface area contributed by atoms with E-state index in [4.69, 9.17) is 5.11 Å². The maximum Gasteiger partial charge on any atom is 0.417 e. The molecule has 3 nitrogen and oxygen atoms in total. The van der Waals surface area contributed by atoms with Crippen LogP contribution in [0.3, 0.4) is 0 Å². The van der Waals surface area contributed by atoms with Gasteiger partial charge in [-0.2, -0.15) is 13.2 Å². The minimum atomic E-state index is -4.80. The molecule has 0 aromatic rings. The topological polar surface area (TPSA) is 49.3 Å². The lowest BCUT2D eigenvalue weighted by molar-refractivity contribution is -0.208. The van der Waals surface area contributed by atoms with Crippen molar-refractivity contribution in [2.24, 2.45) is 11.8 Å². The fourth-order valence-electron chi connectivity index (χ4n) is 2.74. The van der Waals surface area contributed by atoms with E-state index in [2.05, 4.69) is 5.32 Å². The van der Waals surface area contributed by atoms with E-state index in [1.165, 1.54) is 0 Å². The highest BCUT2D eigenvalue weighted by molar-refractivity contribution is 5.79. The summed E-state index contributed by atoms with van der Waals surface area (Å²) in [5.41, 5.74) is -2.87. The van der Waals surface area contributed by atoms with Gasteiger partial charge in [-0.1, -0.05) is 13.8 Å². The van der Waals surface area contributed by atoms with E-state index in [-0.39, 0.29) is 0 Å². The van der Waals surface area contributed by atoms with Gasteiger partial charge in [0.15, 0.2) is 0 Å². The van der Waals surface area contributed by atoms with E-state index in [1.54, 1.807) is 0 Å². The molecular weight excluding hydrogens is 247 g/mol. The molecule has 0 aliphatic heterocycles. The van der Waals surface area contributed by atoms with Crippen molar-refractivity contribution >= 4 is 5.97 Å². The molecule has 2 N–H and O–H groups in total. The first-order valence-corrected chi connectivity index (χ1v) is 6.14. The molecule has 3 unspecified atom stereocenters. The average molecular weight is 267 g/mol. The molecule has 1 rings (SSSR count). The highest BCUT2D eigenvalue weighted by Gasteiger charge is 2.58. The van der Waals surface area contributed by atoms with Gasteiger partial charge in [-0.25, -0.2) is 4.79 Å². The first-order chi connectivity index (χ1) is 8.06. The van der Waals surface area contributed by atoms with Crippen LogP contribution < -0.4 is 5.32 Å². The Bertz CT molecular complexity index is 309. The Balaban J connectivity index is 2.82. The molecule has 0 aromatic heterocycles. The molecule has 0 bridgehead atoms. The quantitative estimate of drug-likeness (QED) is 0.826. The van der Waals surface area contributed by atoms with Crippen LogP contribution in [0.25, 0.3) is 0 Å². The molecule has 1 aliphatic rings. The van der Waals surface area contributed by atoms with Gasteiger partial charge in [-0.05, 0) is 38.0 Å². The Morgan fingerprint density at radius 2 is 1.61 bits per heavy atom. The highest BCUT2D eigenvalue weighted by Crippen LogP contribution is 2.35. The van der Waals surface area contributed by atoms with Crippen molar-refractivity contribution in [1.29, 1.82) is 0 Å². The minimum Gasteiger partial charge on any atom is -0.480 e. The summed E-state index contributed by atoms with van der Waals surface area (Å²) in [5.74, 6) is -1.24. The van der Waals surface area contributed by atoms with Crippen molar-refractivity contribution in [2.45, 2.75) is 57.8 Å². The second-order valence-electron chi connectivity index (χ2n) is 5.69. The van der Waals surface area contributed by atoms with Crippen LogP contribution in [0.1, 0.15) is 40.0 Å². The van der Waals surface area contributed by atoms with Crippen molar-refractivity contribution in [3.8, 4) is 0 Å². The molecule has 1 fully saturated rings. The number of nitrogens with one attached hydrogen (secondary N) is 1. The van der Waals surface area contributed by atoms with Crippen molar-refractivity contribution in [1.82, 2.24) is 5.32 Å². The third kappa shape index (κ3) is 3.16. The maximum atomic E-state index is 12.9. The molecule has 0 heterocycles. The van der Waals surface area contributed by atoms with Crippen molar-refractivity contribution in [3.05, 3.63) is 0 Å². The Morgan fingerprint density at radius 1 is 1.17 bits per heavy atom. The summed E-state index contributed by atoms with van der Waals surface area (Å²) < 4.78 is 38.6. The van der Waals surface area contributed by atoms with Crippen molar-refractivity contribution < 1.29 is 23.1 Å². The average Bonchev–Trinajstić information content (AvgIpc) is 2.13. The molecule has 3 atom stereocenters. The second kappa shape index (κ2) is 5.07. The normalized spacial score (nSPS) is 32.9. The molecule has 0 aromatic carbocycles. The molecule has 0 spiro atoms. The zero-order chi connectivity index (χ0) is 14.1. The molecule has 1 aliphatic carbocycles. The van der Waals surface area contributed by atoms with Gasteiger partial charge < -0.3 is 5.11 Å². The van der Waals surface area contributed by atoms with E-state index < -0.39 is 23.7 Å². The number of carboxylic acids is 1. The first-order valence-electron chi connectivity index (χ1n) is 6.14. The van der Waals surface area contributed by atoms with E-state index in [1.807, 2.05) is 13.8 Å². The molecular formula is C12H20F3NO2. The van der Waals surface area contributed by atoms with Crippen molar-refractivity contribution in [3.63, 3.8) is 0 Å². The van der Waals surface area contributed by atoms with Gasteiger partial charge in [-0.15, -0.1) is 0 Å². The van der Waals surface area contributed by atoms with Gasteiger partial charge in [0.25, 0.3) is 0 Å². The molecule has 0 amide bonds. The van der Waals surface area contributed by atoms with Crippen LogP contribution in [-0.2, 0) is 4.79 Å². The lowest BCUT2D eigenvalue weighted by Gasteiger charge is -2.38. The highest BCUT2D eigenvalue weighted by atomic mass is 19.4. The van der Waals surface area contributed by atoms with Crippen molar-refractivity contribution in [2.75, 3.05) is 0 Å². The Kier molecular flexibility index (Phi) is 4.30. The lowest BCUT2D eigenvalue weighted by Crippen LogP contribution is -2.63. The van der Waals surface area contributed by atoms with E-state index in [9.17, 15) is 18.0 Å². The predicted octanol–water partition coefficient (Wildman–Crippen LogP) is 2.81. The summed E-state index contributed by atoms with van der Waals surface area (Å²) in [4.78, 5) is 10.9. The summed E-state index contributed by atoms with van der Waals surface area (Å²) in [6.45, 7) is 4.66. The summed E-state index contributed by atoms with van der Waals surface area (Å²) in [7, 11) is 0. The molecule has 106 valence electrons. The van der Waals surface area contributed by atoms with E-state index >= 15 is 0 Å². The van der Waals surface area contributed by atoms with Crippen LogP contribution in [0, 0.1) is 11.8 Å². The Labute approximate surface area is 105 Å². The number of halogens is 3. The zero-order valence-corrected chi connectivity index (χ0v) is 10.8. The lowest BCUT2D eigenvalue weighted by atomic mass is 9.79. The van der Waals surface area contributed by atoms with Gasteiger partial charge in [0.05, 0.1) is 0 Å². The van der Waals surface area contributed by atoms with Crippen LogP contribution in [0.4, 0.5) is 13.2 Å². The van der Waals surface area contributed by atoms with Crippen LogP contribution >= 0.6 is 0 Å². The Morgan fingerprint density at radius 3 is 1.94 bits per heavy atom. The van der Waals surface area contributed by atoms with Gasteiger partial charge in [0, 0.05) is 6.04 Å². The third-order valence-electron chi connectivity index (χ3n) is 3.67. The smallest absolute Gasteiger partial charge is 0.417 e. The monoisotopic (exact) mass is 267 g/mol. The maximum absolute atomic E-state index is 12.9. The SMILES string of the molecule is CC1CC(C)CC(NC(C)(C(=O)O)C(F)(F)F)C1. The number of alkyl halides is 3. The second-order valence-corrected chi connectivity index (χ2v) is 5.69.